The van der Waals surface area contributed by atoms with E-state index in [2.05, 4.69) is 6.58 Å². The summed E-state index contributed by atoms with van der Waals surface area (Å²) in [7, 11) is 0. The Labute approximate surface area is 107 Å². The first-order chi connectivity index (χ1) is 8.26. The molecule has 0 amide bonds. The van der Waals surface area contributed by atoms with Gasteiger partial charge in [0.05, 0.1) is 19.1 Å². The number of aliphatic hydroxyl groups excluding tert-OH is 1. The van der Waals surface area contributed by atoms with Crippen molar-refractivity contribution < 1.29 is 14.6 Å². The average Bonchev–Trinajstić information content (AvgIpc) is 2.37. The van der Waals surface area contributed by atoms with E-state index in [0.717, 1.165) is 5.56 Å². The highest BCUT2D eigenvalue weighted by atomic mass is 35.5. The Balaban J connectivity index is 2.36. The lowest BCUT2D eigenvalue weighted by molar-refractivity contribution is 0.125. The second-order valence-electron chi connectivity index (χ2n) is 3.57. The maximum absolute atomic E-state index is 9.23. The normalized spacial score (nSPS) is 12.1. The molecule has 1 aromatic rings. The fourth-order valence-electron chi connectivity index (χ4n) is 1.18. The number of hydrogen-bond acceptors (Lipinski definition) is 3. The van der Waals surface area contributed by atoms with Crippen molar-refractivity contribution in [1.82, 2.24) is 0 Å². The van der Waals surface area contributed by atoms with E-state index >= 15 is 0 Å². The molecule has 0 radical (unpaired) electrons. The molecule has 0 bridgehead atoms. The Kier molecular flexibility index (Phi) is 6.70. The molecule has 17 heavy (non-hydrogen) atoms. The molecular weight excluding hydrogens is 240 g/mol. The third kappa shape index (κ3) is 5.73. The molecule has 0 aliphatic heterocycles. The number of aliphatic hydroxyl groups is 1. The van der Waals surface area contributed by atoms with Gasteiger partial charge < -0.3 is 14.6 Å². The van der Waals surface area contributed by atoms with Crippen molar-refractivity contribution in [3.05, 3.63) is 42.5 Å². The zero-order chi connectivity index (χ0) is 12.5. The molecule has 0 saturated carbocycles. The quantitative estimate of drug-likeness (QED) is 0.441. The standard InChI is InChI=1S/C13H17ClO3/c1-2-7-16-9-11-3-5-13(6-4-11)17-10-12(15)8-14/h2-6,12,15H,1,7-10H2. The summed E-state index contributed by atoms with van der Waals surface area (Å²) in [6.07, 6.45) is 1.08. The number of rotatable bonds is 8. The van der Waals surface area contributed by atoms with Crippen molar-refractivity contribution in [2.75, 3.05) is 19.1 Å². The van der Waals surface area contributed by atoms with E-state index in [1.54, 1.807) is 6.08 Å². The highest BCUT2D eigenvalue weighted by Crippen LogP contribution is 2.13. The number of halogens is 1. The Hall–Kier alpha value is -1.03. The van der Waals surface area contributed by atoms with Gasteiger partial charge in [0.25, 0.3) is 0 Å². The molecule has 4 heteroatoms. The largest absolute Gasteiger partial charge is 0.491 e. The predicted octanol–water partition coefficient (Wildman–Crippen LogP) is 2.37. The fourth-order valence-corrected chi connectivity index (χ4v) is 1.27. The number of ether oxygens (including phenoxy) is 2. The van der Waals surface area contributed by atoms with Gasteiger partial charge in [-0.15, -0.1) is 18.2 Å². The van der Waals surface area contributed by atoms with Crippen LogP contribution in [0.15, 0.2) is 36.9 Å². The summed E-state index contributed by atoms with van der Waals surface area (Å²) in [5.74, 6) is 0.884. The summed E-state index contributed by atoms with van der Waals surface area (Å²) in [4.78, 5) is 0. The Morgan fingerprint density at radius 3 is 2.65 bits per heavy atom. The van der Waals surface area contributed by atoms with Gasteiger partial charge in [0, 0.05) is 0 Å². The molecule has 3 nitrogen and oxygen atoms in total. The lowest BCUT2D eigenvalue weighted by Crippen LogP contribution is -2.18. The molecule has 0 spiro atoms. The first-order valence-corrected chi connectivity index (χ1v) is 5.94. The van der Waals surface area contributed by atoms with Gasteiger partial charge in [-0.2, -0.15) is 0 Å². The summed E-state index contributed by atoms with van der Waals surface area (Å²) in [5.41, 5.74) is 1.07. The summed E-state index contributed by atoms with van der Waals surface area (Å²) in [5, 5.41) is 9.23. The number of alkyl halides is 1. The minimum atomic E-state index is -0.632. The van der Waals surface area contributed by atoms with Crippen LogP contribution in [0.5, 0.6) is 5.75 Å². The summed E-state index contributed by atoms with van der Waals surface area (Å²) < 4.78 is 10.7. The van der Waals surface area contributed by atoms with Crippen LogP contribution >= 0.6 is 11.6 Å². The molecule has 1 aromatic carbocycles. The molecular formula is C13H17ClO3. The van der Waals surface area contributed by atoms with Crippen LogP contribution in [0.2, 0.25) is 0 Å². The monoisotopic (exact) mass is 256 g/mol. The van der Waals surface area contributed by atoms with Crippen LogP contribution in [-0.2, 0) is 11.3 Å². The van der Waals surface area contributed by atoms with Crippen LogP contribution < -0.4 is 4.74 Å². The average molecular weight is 257 g/mol. The topological polar surface area (TPSA) is 38.7 Å². The molecule has 0 saturated heterocycles. The third-order valence-corrected chi connectivity index (χ3v) is 2.40. The first-order valence-electron chi connectivity index (χ1n) is 5.40. The highest BCUT2D eigenvalue weighted by molar-refractivity contribution is 6.18. The van der Waals surface area contributed by atoms with Crippen LogP contribution in [0.3, 0.4) is 0 Å². The first kappa shape index (κ1) is 14.0. The smallest absolute Gasteiger partial charge is 0.119 e. The van der Waals surface area contributed by atoms with Crippen molar-refractivity contribution in [1.29, 1.82) is 0 Å². The van der Waals surface area contributed by atoms with Gasteiger partial charge in [-0.25, -0.2) is 0 Å². The minimum Gasteiger partial charge on any atom is -0.491 e. The van der Waals surface area contributed by atoms with Crippen molar-refractivity contribution in [3.63, 3.8) is 0 Å². The summed E-state index contributed by atoms with van der Waals surface area (Å²) in [6.45, 7) is 4.87. The van der Waals surface area contributed by atoms with E-state index in [4.69, 9.17) is 21.1 Å². The summed E-state index contributed by atoms with van der Waals surface area (Å²) >= 11 is 5.46. The van der Waals surface area contributed by atoms with Gasteiger partial charge in [0.2, 0.25) is 0 Å². The SMILES string of the molecule is C=CCOCc1ccc(OCC(O)CCl)cc1. The van der Waals surface area contributed by atoms with Crippen LogP contribution in [-0.4, -0.2) is 30.3 Å². The Morgan fingerprint density at radius 2 is 2.06 bits per heavy atom. The van der Waals surface area contributed by atoms with Gasteiger partial charge in [-0.05, 0) is 17.7 Å². The van der Waals surface area contributed by atoms with Crippen LogP contribution in [0.4, 0.5) is 0 Å². The Morgan fingerprint density at radius 1 is 1.35 bits per heavy atom. The van der Waals surface area contributed by atoms with Gasteiger partial charge in [-0.1, -0.05) is 18.2 Å². The third-order valence-electron chi connectivity index (χ3n) is 2.05. The second kappa shape index (κ2) is 8.12. The maximum Gasteiger partial charge on any atom is 0.119 e. The molecule has 0 aliphatic rings. The van der Waals surface area contributed by atoms with Crippen molar-refractivity contribution >= 4 is 11.6 Å². The van der Waals surface area contributed by atoms with Crippen LogP contribution in [0, 0.1) is 0 Å². The molecule has 0 fully saturated rings. The molecule has 1 rings (SSSR count). The number of benzene rings is 1. The molecule has 1 N–H and O–H groups in total. The molecule has 1 unspecified atom stereocenters. The van der Waals surface area contributed by atoms with E-state index in [0.29, 0.717) is 19.0 Å². The van der Waals surface area contributed by atoms with Crippen molar-refractivity contribution in [3.8, 4) is 5.75 Å². The van der Waals surface area contributed by atoms with Crippen molar-refractivity contribution in [2.24, 2.45) is 0 Å². The van der Waals surface area contributed by atoms with Crippen LogP contribution in [0.25, 0.3) is 0 Å². The zero-order valence-corrected chi connectivity index (χ0v) is 10.4. The van der Waals surface area contributed by atoms with Gasteiger partial charge in [0.1, 0.15) is 18.5 Å². The van der Waals surface area contributed by atoms with Crippen molar-refractivity contribution in [2.45, 2.75) is 12.7 Å². The molecule has 94 valence electrons. The van der Waals surface area contributed by atoms with Crippen LogP contribution in [0.1, 0.15) is 5.56 Å². The lowest BCUT2D eigenvalue weighted by Gasteiger charge is -2.10. The zero-order valence-electron chi connectivity index (χ0n) is 9.64. The lowest BCUT2D eigenvalue weighted by atomic mass is 10.2. The van der Waals surface area contributed by atoms with Gasteiger partial charge >= 0.3 is 0 Å². The Bertz CT molecular complexity index is 324. The van der Waals surface area contributed by atoms with E-state index in [1.807, 2.05) is 24.3 Å². The minimum absolute atomic E-state index is 0.174. The molecule has 0 aromatic heterocycles. The maximum atomic E-state index is 9.23. The predicted molar refractivity (Wildman–Crippen MR) is 68.5 cm³/mol. The van der Waals surface area contributed by atoms with E-state index in [1.165, 1.54) is 0 Å². The van der Waals surface area contributed by atoms with E-state index in [-0.39, 0.29) is 12.5 Å². The van der Waals surface area contributed by atoms with Gasteiger partial charge in [-0.3, -0.25) is 0 Å². The fraction of sp³-hybridized carbons (Fsp3) is 0.385. The highest BCUT2D eigenvalue weighted by Gasteiger charge is 2.02. The summed E-state index contributed by atoms with van der Waals surface area (Å²) in [6, 6.07) is 7.53. The molecule has 0 aliphatic carbocycles. The molecule has 1 atom stereocenters. The van der Waals surface area contributed by atoms with E-state index in [9.17, 15) is 5.11 Å². The van der Waals surface area contributed by atoms with E-state index < -0.39 is 6.10 Å². The number of hydrogen-bond donors (Lipinski definition) is 1. The molecule has 0 heterocycles. The second-order valence-corrected chi connectivity index (χ2v) is 3.88. The van der Waals surface area contributed by atoms with Gasteiger partial charge in [0.15, 0.2) is 0 Å².